The number of hydrogen-bond acceptors (Lipinski definition) is 2. The second-order valence-corrected chi connectivity index (χ2v) is 4.77. The first-order valence-corrected chi connectivity index (χ1v) is 6.38. The highest BCUT2D eigenvalue weighted by molar-refractivity contribution is 5.35. The second-order valence-electron chi connectivity index (χ2n) is 4.77. The zero-order valence-corrected chi connectivity index (χ0v) is 11.1. The van der Waals surface area contributed by atoms with Crippen molar-refractivity contribution in [3.8, 4) is 5.75 Å². The van der Waals surface area contributed by atoms with Gasteiger partial charge in [-0.15, -0.1) is 0 Å². The van der Waals surface area contributed by atoms with E-state index < -0.39 is 0 Å². The number of nitrogens with one attached hydrogen (secondary N) is 1. The molecular weight excluding hydrogens is 234 g/mol. The van der Waals surface area contributed by atoms with Gasteiger partial charge in [-0.1, -0.05) is 54.6 Å². The van der Waals surface area contributed by atoms with Crippen molar-refractivity contribution in [1.82, 2.24) is 5.32 Å². The summed E-state index contributed by atoms with van der Waals surface area (Å²) in [5, 5.41) is 12.9. The Balaban J connectivity index is 2.28. The van der Waals surface area contributed by atoms with Crippen LogP contribution < -0.4 is 5.32 Å². The molecule has 2 heteroatoms. The van der Waals surface area contributed by atoms with E-state index in [9.17, 15) is 5.11 Å². The summed E-state index contributed by atoms with van der Waals surface area (Å²) in [6.07, 6.45) is 0. The third-order valence-electron chi connectivity index (χ3n) is 2.97. The second kappa shape index (κ2) is 6.21. The summed E-state index contributed by atoms with van der Waals surface area (Å²) >= 11 is 0. The number of phenolic OH excluding ortho intramolecular Hbond substituents is 1. The molecule has 2 nitrogen and oxygen atoms in total. The third-order valence-corrected chi connectivity index (χ3v) is 2.97. The van der Waals surface area contributed by atoms with Crippen LogP contribution in [0.15, 0.2) is 66.7 Å². The van der Waals surface area contributed by atoms with Crippen molar-refractivity contribution in [2.75, 3.05) is 6.54 Å². The third kappa shape index (κ3) is 3.70. The molecule has 0 saturated heterocycles. The van der Waals surface area contributed by atoms with Crippen molar-refractivity contribution < 1.29 is 5.11 Å². The van der Waals surface area contributed by atoms with E-state index in [1.165, 1.54) is 5.56 Å². The Morgan fingerprint density at radius 3 is 2.21 bits per heavy atom. The topological polar surface area (TPSA) is 32.3 Å². The standard InChI is InChI=1S/C17H19NO/c1-13(2)12-18-17(14-6-4-3-5-7-14)15-8-10-16(19)11-9-15/h3-11,17-19H,1,12H2,2H3. The van der Waals surface area contributed by atoms with Crippen molar-refractivity contribution in [3.05, 3.63) is 77.9 Å². The summed E-state index contributed by atoms with van der Waals surface area (Å²) in [5.74, 6) is 0.287. The predicted octanol–water partition coefficient (Wildman–Crippen LogP) is 3.65. The van der Waals surface area contributed by atoms with Gasteiger partial charge in [-0.3, -0.25) is 0 Å². The van der Waals surface area contributed by atoms with Crippen LogP contribution in [-0.4, -0.2) is 11.7 Å². The first-order chi connectivity index (χ1) is 9.16. The van der Waals surface area contributed by atoms with E-state index in [4.69, 9.17) is 0 Å². The largest absolute Gasteiger partial charge is 0.508 e. The fourth-order valence-electron chi connectivity index (χ4n) is 2.02. The van der Waals surface area contributed by atoms with Gasteiger partial charge in [0, 0.05) is 6.54 Å². The Labute approximate surface area is 114 Å². The van der Waals surface area contributed by atoms with Crippen molar-refractivity contribution in [3.63, 3.8) is 0 Å². The summed E-state index contributed by atoms with van der Waals surface area (Å²) in [5.41, 5.74) is 3.43. The molecule has 0 fully saturated rings. The van der Waals surface area contributed by atoms with Gasteiger partial charge < -0.3 is 10.4 Å². The SMILES string of the molecule is C=C(C)CNC(c1ccccc1)c1ccc(O)cc1. The highest BCUT2D eigenvalue weighted by Gasteiger charge is 2.12. The molecule has 2 aromatic carbocycles. The molecule has 0 heterocycles. The Kier molecular flexibility index (Phi) is 4.37. The Morgan fingerprint density at radius 2 is 1.63 bits per heavy atom. The maximum atomic E-state index is 9.39. The Bertz CT molecular complexity index is 531. The lowest BCUT2D eigenvalue weighted by Crippen LogP contribution is -2.23. The lowest BCUT2D eigenvalue weighted by Gasteiger charge is -2.20. The van der Waals surface area contributed by atoms with Crippen LogP contribution in [0.1, 0.15) is 24.1 Å². The van der Waals surface area contributed by atoms with Crippen LogP contribution >= 0.6 is 0 Å². The van der Waals surface area contributed by atoms with Gasteiger partial charge in [-0.25, -0.2) is 0 Å². The number of phenols is 1. The molecule has 0 aromatic heterocycles. The maximum Gasteiger partial charge on any atom is 0.115 e. The van der Waals surface area contributed by atoms with Gasteiger partial charge in [0.15, 0.2) is 0 Å². The number of hydrogen-bond donors (Lipinski definition) is 2. The van der Waals surface area contributed by atoms with Gasteiger partial charge in [-0.05, 0) is 30.2 Å². The van der Waals surface area contributed by atoms with Crippen LogP contribution in [0.2, 0.25) is 0 Å². The lowest BCUT2D eigenvalue weighted by molar-refractivity contribution is 0.474. The molecule has 0 aliphatic heterocycles. The Morgan fingerprint density at radius 1 is 1.05 bits per heavy atom. The van der Waals surface area contributed by atoms with Gasteiger partial charge in [0.2, 0.25) is 0 Å². The van der Waals surface area contributed by atoms with E-state index in [1.807, 2.05) is 37.3 Å². The molecular formula is C17H19NO. The van der Waals surface area contributed by atoms with E-state index in [0.717, 1.165) is 17.7 Å². The fourth-order valence-corrected chi connectivity index (χ4v) is 2.02. The molecule has 0 amide bonds. The molecule has 2 N–H and O–H groups in total. The highest BCUT2D eigenvalue weighted by Crippen LogP contribution is 2.23. The van der Waals surface area contributed by atoms with E-state index in [-0.39, 0.29) is 11.8 Å². The maximum absolute atomic E-state index is 9.39. The molecule has 2 rings (SSSR count). The number of benzene rings is 2. The molecule has 98 valence electrons. The van der Waals surface area contributed by atoms with Crippen molar-refractivity contribution in [2.45, 2.75) is 13.0 Å². The lowest BCUT2D eigenvalue weighted by atomic mass is 9.98. The molecule has 0 spiro atoms. The quantitative estimate of drug-likeness (QED) is 0.797. The van der Waals surface area contributed by atoms with Gasteiger partial charge in [0.1, 0.15) is 5.75 Å². The predicted molar refractivity (Wildman–Crippen MR) is 79.2 cm³/mol. The fraction of sp³-hybridized carbons (Fsp3) is 0.176. The van der Waals surface area contributed by atoms with Gasteiger partial charge in [0.25, 0.3) is 0 Å². The average molecular weight is 253 g/mol. The minimum absolute atomic E-state index is 0.110. The molecule has 0 bridgehead atoms. The van der Waals surface area contributed by atoms with E-state index in [0.29, 0.717) is 0 Å². The molecule has 0 saturated carbocycles. The van der Waals surface area contributed by atoms with Crippen LogP contribution in [0.5, 0.6) is 5.75 Å². The average Bonchev–Trinajstić information content (AvgIpc) is 2.42. The zero-order chi connectivity index (χ0) is 13.7. The van der Waals surface area contributed by atoms with Crippen molar-refractivity contribution >= 4 is 0 Å². The summed E-state index contributed by atoms with van der Waals surface area (Å²) in [6, 6.07) is 17.7. The molecule has 1 atom stereocenters. The molecule has 1 unspecified atom stereocenters. The van der Waals surface area contributed by atoms with E-state index in [2.05, 4.69) is 24.0 Å². The smallest absolute Gasteiger partial charge is 0.115 e. The Hall–Kier alpha value is -2.06. The monoisotopic (exact) mass is 253 g/mol. The van der Waals surface area contributed by atoms with Crippen LogP contribution in [0, 0.1) is 0 Å². The zero-order valence-electron chi connectivity index (χ0n) is 11.1. The van der Waals surface area contributed by atoms with Crippen LogP contribution in [0.25, 0.3) is 0 Å². The minimum atomic E-state index is 0.110. The van der Waals surface area contributed by atoms with Gasteiger partial charge in [-0.2, -0.15) is 0 Å². The number of rotatable bonds is 5. The summed E-state index contributed by atoms with van der Waals surface area (Å²) in [4.78, 5) is 0. The molecule has 0 radical (unpaired) electrons. The van der Waals surface area contributed by atoms with Gasteiger partial charge >= 0.3 is 0 Å². The van der Waals surface area contributed by atoms with E-state index >= 15 is 0 Å². The normalized spacial score (nSPS) is 12.1. The molecule has 0 aliphatic rings. The summed E-state index contributed by atoms with van der Waals surface area (Å²) in [7, 11) is 0. The van der Waals surface area contributed by atoms with Crippen LogP contribution in [-0.2, 0) is 0 Å². The van der Waals surface area contributed by atoms with Crippen molar-refractivity contribution in [2.24, 2.45) is 0 Å². The summed E-state index contributed by atoms with van der Waals surface area (Å²) < 4.78 is 0. The summed E-state index contributed by atoms with van der Waals surface area (Å²) in [6.45, 7) is 6.70. The number of aromatic hydroxyl groups is 1. The van der Waals surface area contributed by atoms with Gasteiger partial charge in [0.05, 0.1) is 6.04 Å². The first-order valence-electron chi connectivity index (χ1n) is 6.38. The highest BCUT2D eigenvalue weighted by atomic mass is 16.3. The molecule has 2 aromatic rings. The van der Waals surface area contributed by atoms with Crippen LogP contribution in [0.3, 0.4) is 0 Å². The minimum Gasteiger partial charge on any atom is -0.508 e. The molecule has 19 heavy (non-hydrogen) atoms. The van der Waals surface area contributed by atoms with E-state index in [1.54, 1.807) is 12.1 Å². The van der Waals surface area contributed by atoms with Crippen molar-refractivity contribution in [1.29, 1.82) is 0 Å². The molecule has 0 aliphatic carbocycles. The first kappa shape index (κ1) is 13.4. The van der Waals surface area contributed by atoms with Crippen LogP contribution in [0.4, 0.5) is 0 Å².